The van der Waals surface area contributed by atoms with E-state index in [1.165, 1.54) is 6.07 Å². The van der Waals surface area contributed by atoms with Gasteiger partial charge in [0.25, 0.3) is 0 Å². The summed E-state index contributed by atoms with van der Waals surface area (Å²) in [5, 5.41) is 20.7. The number of halogens is 1. The maximum Gasteiger partial charge on any atom is 0.156 e. The Bertz CT molecular complexity index is 806. The molecule has 2 heterocycles. The number of ether oxygens (including phenoxy) is 1. The lowest BCUT2D eigenvalue weighted by molar-refractivity contribution is -0.178. The Labute approximate surface area is 144 Å². The Hall–Kier alpha value is -2.28. The minimum absolute atomic E-state index is 0.256. The zero-order valence-corrected chi connectivity index (χ0v) is 14.0. The van der Waals surface area contributed by atoms with E-state index in [-0.39, 0.29) is 5.82 Å². The molecule has 1 aliphatic carbocycles. The molecular weight excluding hydrogens is 325 g/mol. The van der Waals surface area contributed by atoms with Gasteiger partial charge < -0.3 is 9.94 Å². The van der Waals surface area contributed by atoms with E-state index in [0.29, 0.717) is 40.4 Å². The Morgan fingerprint density at radius 3 is 2.80 bits per heavy atom. The van der Waals surface area contributed by atoms with Crippen LogP contribution in [0.2, 0.25) is 0 Å². The second-order valence-corrected chi connectivity index (χ2v) is 7.34. The zero-order valence-electron chi connectivity index (χ0n) is 14.0. The first-order valence-corrected chi connectivity index (χ1v) is 8.44. The molecule has 1 aromatic carbocycles. The Kier molecular flexibility index (Phi) is 4.03. The zero-order chi connectivity index (χ0) is 17.4. The lowest BCUT2D eigenvalue weighted by atomic mass is 9.59. The van der Waals surface area contributed by atoms with Crippen LogP contribution in [0.25, 0.3) is 0 Å². The van der Waals surface area contributed by atoms with Crippen LogP contribution < -0.4 is 0 Å². The molecule has 1 saturated heterocycles. The van der Waals surface area contributed by atoms with Crippen molar-refractivity contribution >= 4 is 5.71 Å². The molecule has 7 heteroatoms. The van der Waals surface area contributed by atoms with Crippen molar-refractivity contribution in [3.8, 4) is 0 Å². The molecule has 2 aromatic rings. The molecule has 0 radical (unpaired) electrons. The predicted molar refractivity (Wildman–Crippen MR) is 87.1 cm³/mol. The first-order chi connectivity index (χ1) is 12.1. The summed E-state index contributed by atoms with van der Waals surface area (Å²) in [4.78, 5) is 0. The molecule has 0 unspecified atom stereocenters. The number of aromatic nitrogens is 2. The average Bonchev–Trinajstić information content (AvgIpc) is 2.97. The Morgan fingerprint density at radius 2 is 2.16 bits per heavy atom. The number of nitrogens with zero attached hydrogens (tertiary/aromatic N) is 3. The molecule has 0 amide bonds. The quantitative estimate of drug-likeness (QED) is 0.512. The molecule has 0 bridgehead atoms. The third-order valence-corrected chi connectivity index (χ3v) is 5.29. The van der Waals surface area contributed by atoms with E-state index < -0.39 is 0 Å². The van der Waals surface area contributed by atoms with Crippen LogP contribution in [0.5, 0.6) is 0 Å². The second-order valence-electron chi connectivity index (χ2n) is 7.34. The summed E-state index contributed by atoms with van der Waals surface area (Å²) in [6.07, 6.45) is 3.34. The van der Waals surface area contributed by atoms with Crippen LogP contribution in [0.1, 0.15) is 35.4 Å². The highest BCUT2D eigenvalue weighted by molar-refractivity contribution is 6.00. The normalized spacial score (nSPS) is 19.7. The molecule has 6 nitrogen and oxygen atoms in total. The maximum atomic E-state index is 13.4. The van der Waals surface area contributed by atoms with E-state index >= 15 is 0 Å². The van der Waals surface area contributed by atoms with Crippen molar-refractivity contribution < 1.29 is 19.0 Å². The first-order valence-electron chi connectivity index (χ1n) is 8.44. The molecule has 132 valence electrons. The van der Waals surface area contributed by atoms with Crippen LogP contribution in [0, 0.1) is 24.1 Å². The number of hydrogen-bond donors (Lipinski definition) is 1. The van der Waals surface area contributed by atoms with Crippen molar-refractivity contribution in [2.75, 3.05) is 13.2 Å². The molecule has 2 fully saturated rings. The summed E-state index contributed by atoms with van der Waals surface area (Å²) >= 11 is 0. The molecule has 0 atom stereocenters. The van der Waals surface area contributed by atoms with Gasteiger partial charge in [-0.05, 0) is 54.5 Å². The lowest BCUT2D eigenvalue weighted by Gasteiger charge is -2.53. The maximum absolute atomic E-state index is 13.4. The van der Waals surface area contributed by atoms with E-state index in [9.17, 15) is 9.60 Å². The van der Waals surface area contributed by atoms with Crippen LogP contribution in [0.15, 0.2) is 28.0 Å². The van der Waals surface area contributed by atoms with E-state index in [0.717, 1.165) is 38.0 Å². The number of oxime groups is 1. The fourth-order valence-corrected chi connectivity index (χ4v) is 3.95. The number of rotatable bonds is 5. The number of benzene rings is 1. The van der Waals surface area contributed by atoms with E-state index in [4.69, 9.17) is 9.37 Å². The predicted octanol–water partition coefficient (Wildman–Crippen LogP) is 2.91. The van der Waals surface area contributed by atoms with Crippen molar-refractivity contribution in [1.82, 2.24) is 10.3 Å². The summed E-state index contributed by atoms with van der Waals surface area (Å²) in [5.74, 6) is 0.275. The second kappa shape index (κ2) is 6.22. The fraction of sp³-hybridized carbons (Fsp3) is 0.500. The van der Waals surface area contributed by atoms with Crippen LogP contribution >= 0.6 is 0 Å². The molecule has 25 heavy (non-hydrogen) atoms. The number of hydrogen-bond acceptors (Lipinski definition) is 6. The van der Waals surface area contributed by atoms with Gasteiger partial charge in [-0.3, -0.25) is 0 Å². The minimum Gasteiger partial charge on any atom is -0.411 e. The van der Waals surface area contributed by atoms with E-state index in [1.54, 1.807) is 19.1 Å². The molecule has 1 aromatic heterocycles. The van der Waals surface area contributed by atoms with Crippen molar-refractivity contribution in [3.63, 3.8) is 0 Å². The summed E-state index contributed by atoms with van der Waals surface area (Å²) in [5.41, 5.74) is 3.36. The molecular formula is C18H20FN3O3. The van der Waals surface area contributed by atoms with Gasteiger partial charge in [-0.1, -0.05) is 22.4 Å². The van der Waals surface area contributed by atoms with Gasteiger partial charge in [0.2, 0.25) is 0 Å². The van der Waals surface area contributed by atoms with E-state index in [2.05, 4.69) is 15.5 Å². The Morgan fingerprint density at radius 1 is 1.36 bits per heavy atom. The minimum atomic E-state index is -0.256. The highest BCUT2D eigenvalue weighted by Crippen LogP contribution is 2.51. The van der Waals surface area contributed by atoms with Crippen molar-refractivity contribution in [1.29, 1.82) is 0 Å². The standard InChI is InChI=1S/C18H20FN3O3/c1-11-4-12(2-3-14(11)19)5-15(20-23)17-16(21-25-22-17)6-13-7-18(8-13)9-24-10-18/h2-4,13,23H,5-10H2,1H3. The van der Waals surface area contributed by atoms with Gasteiger partial charge in [0, 0.05) is 11.8 Å². The molecule has 1 saturated carbocycles. The average molecular weight is 345 g/mol. The topological polar surface area (TPSA) is 80.7 Å². The van der Waals surface area contributed by atoms with Gasteiger partial charge in [-0.2, -0.15) is 0 Å². The van der Waals surface area contributed by atoms with Crippen LogP contribution in [-0.2, 0) is 17.6 Å². The van der Waals surface area contributed by atoms with Gasteiger partial charge in [0.1, 0.15) is 17.2 Å². The van der Waals surface area contributed by atoms with Gasteiger partial charge in [-0.15, -0.1) is 0 Å². The summed E-state index contributed by atoms with van der Waals surface area (Å²) < 4.78 is 23.6. The summed E-state index contributed by atoms with van der Waals surface area (Å²) in [6, 6.07) is 4.82. The summed E-state index contributed by atoms with van der Waals surface area (Å²) in [6.45, 7) is 3.43. The van der Waals surface area contributed by atoms with E-state index in [1.807, 2.05) is 0 Å². The van der Waals surface area contributed by atoms with Gasteiger partial charge >= 0.3 is 0 Å². The molecule has 1 N–H and O–H groups in total. The number of aryl methyl sites for hydroxylation is 1. The molecule has 1 spiro atoms. The lowest BCUT2D eigenvalue weighted by Crippen LogP contribution is -2.52. The largest absolute Gasteiger partial charge is 0.411 e. The van der Waals surface area contributed by atoms with Crippen molar-refractivity contribution in [2.45, 2.75) is 32.6 Å². The van der Waals surface area contributed by atoms with Crippen LogP contribution in [-0.4, -0.2) is 34.4 Å². The van der Waals surface area contributed by atoms with Crippen molar-refractivity contribution in [3.05, 3.63) is 46.5 Å². The SMILES string of the molecule is Cc1cc(CC(=NO)c2nonc2CC2CC3(COC3)C2)ccc1F. The van der Waals surface area contributed by atoms with Gasteiger partial charge in [-0.25, -0.2) is 9.02 Å². The third kappa shape index (κ3) is 3.04. The highest BCUT2D eigenvalue weighted by atomic mass is 19.1. The van der Waals surface area contributed by atoms with Crippen LogP contribution in [0.4, 0.5) is 4.39 Å². The van der Waals surface area contributed by atoms with Gasteiger partial charge in [0.05, 0.1) is 13.2 Å². The first kappa shape index (κ1) is 16.2. The van der Waals surface area contributed by atoms with Crippen molar-refractivity contribution in [2.24, 2.45) is 16.5 Å². The Balaban J connectivity index is 1.46. The summed E-state index contributed by atoms with van der Waals surface area (Å²) in [7, 11) is 0. The van der Waals surface area contributed by atoms with Crippen LogP contribution in [0.3, 0.4) is 0 Å². The molecule has 4 rings (SSSR count). The molecule has 2 aliphatic rings. The monoisotopic (exact) mass is 345 g/mol. The molecule has 1 aliphatic heterocycles. The fourth-order valence-electron chi connectivity index (χ4n) is 3.95. The third-order valence-electron chi connectivity index (χ3n) is 5.29. The smallest absolute Gasteiger partial charge is 0.156 e. The van der Waals surface area contributed by atoms with Gasteiger partial charge in [0.15, 0.2) is 5.69 Å². The highest BCUT2D eigenvalue weighted by Gasteiger charge is 2.49.